The van der Waals surface area contributed by atoms with Gasteiger partial charge in [-0.2, -0.15) is 0 Å². The topological polar surface area (TPSA) is 69.6 Å². The molecular formula is C8H11N5S2. The molecule has 15 heavy (non-hydrogen) atoms. The zero-order chi connectivity index (χ0) is 10.8. The number of hydrogen-bond donors (Lipinski definition) is 1. The Kier molecular flexibility index (Phi) is 2.92. The lowest BCUT2D eigenvalue weighted by molar-refractivity contribution is 0.714. The molecule has 5 nitrogen and oxygen atoms in total. The van der Waals surface area contributed by atoms with Gasteiger partial charge >= 0.3 is 0 Å². The van der Waals surface area contributed by atoms with Crippen LogP contribution in [0.15, 0.2) is 10.4 Å². The molecular weight excluding hydrogens is 230 g/mol. The van der Waals surface area contributed by atoms with E-state index in [9.17, 15) is 0 Å². The second-order valence-corrected chi connectivity index (χ2v) is 5.37. The third kappa shape index (κ3) is 2.48. The maximum absolute atomic E-state index is 5.61. The smallest absolute Gasteiger partial charge is 0.181 e. The Bertz CT molecular complexity index is 461. The van der Waals surface area contributed by atoms with Gasteiger partial charge in [0.25, 0.3) is 0 Å². The predicted molar refractivity (Wildman–Crippen MR) is 61.8 cm³/mol. The fourth-order valence-corrected chi connectivity index (χ4v) is 3.04. The first-order chi connectivity index (χ1) is 7.15. The third-order valence-electron chi connectivity index (χ3n) is 1.77. The second-order valence-electron chi connectivity index (χ2n) is 3.10. The van der Waals surface area contributed by atoms with Gasteiger partial charge in [0.05, 0.1) is 15.6 Å². The van der Waals surface area contributed by atoms with Crippen LogP contribution in [0.2, 0.25) is 0 Å². The maximum atomic E-state index is 5.61. The summed E-state index contributed by atoms with van der Waals surface area (Å²) in [7, 11) is 1.86. The van der Waals surface area contributed by atoms with Gasteiger partial charge in [0.1, 0.15) is 0 Å². The number of nitrogens with zero attached hydrogens (tertiary/aromatic N) is 4. The van der Waals surface area contributed by atoms with Crippen molar-refractivity contribution < 1.29 is 0 Å². The average molecular weight is 241 g/mol. The molecule has 2 aromatic rings. The normalized spacial score (nSPS) is 10.8. The van der Waals surface area contributed by atoms with Gasteiger partial charge in [0.15, 0.2) is 5.13 Å². The molecule has 0 saturated heterocycles. The Labute approximate surface area is 95.7 Å². The SMILES string of the molecule is Cc1nc(N)sc1SCc1cn(C)nn1. The number of nitrogen functional groups attached to an aromatic ring is 1. The molecule has 0 bridgehead atoms. The molecule has 0 aliphatic heterocycles. The van der Waals surface area contributed by atoms with E-state index in [1.54, 1.807) is 16.4 Å². The van der Waals surface area contributed by atoms with Crippen LogP contribution in [0.25, 0.3) is 0 Å². The monoisotopic (exact) mass is 241 g/mol. The molecule has 2 aromatic heterocycles. The van der Waals surface area contributed by atoms with Crippen LogP contribution in [0.1, 0.15) is 11.4 Å². The summed E-state index contributed by atoms with van der Waals surface area (Å²) < 4.78 is 2.85. The van der Waals surface area contributed by atoms with Crippen LogP contribution in [0, 0.1) is 6.92 Å². The van der Waals surface area contributed by atoms with Crippen molar-refractivity contribution in [1.82, 2.24) is 20.0 Å². The molecule has 2 N–H and O–H groups in total. The Morgan fingerprint density at radius 1 is 1.60 bits per heavy atom. The predicted octanol–water partition coefficient (Wildman–Crippen LogP) is 1.45. The molecule has 0 atom stereocenters. The van der Waals surface area contributed by atoms with E-state index < -0.39 is 0 Å². The lowest BCUT2D eigenvalue weighted by Crippen LogP contribution is -1.85. The van der Waals surface area contributed by atoms with E-state index in [1.165, 1.54) is 11.3 Å². The summed E-state index contributed by atoms with van der Waals surface area (Å²) in [5, 5.41) is 8.50. The summed E-state index contributed by atoms with van der Waals surface area (Å²) in [6, 6.07) is 0. The summed E-state index contributed by atoms with van der Waals surface area (Å²) >= 11 is 3.21. The minimum absolute atomic E-state index is 0.620. The third-order valence-corrected chi connectivity index (χ3v) is 4.15. The van der Waals surface area contributed by atoms with Crippen molar-refractivity contribution in [3.8, 4) is 0 Å². The molecule has 2 rings (SSSR count). The fourth-order valence-electron chi connectivity index (χ4n) is 1.14. The van der Waals surface area contributed by atoms with Crippen molar-refractivity contribution in [1.29, 1.82) is 0 Å². The van der Waals surface area contributed by atoms with Crippen molar-refractivity contribution in [2.75, 3.05) is 5.73 Å². The van der Waals surface area contributed by atoms with Gasteiger partial charge in [0.2, 0.25) is 0 Å². The van der Waals surface area contributed by atoms with E-state index in [0.717, 1.165) is 21.3 Å². The van der Waals surface area contributed by atoms with Crippen LogP contribution >= 0.6 is 23.1 Å². The number of anilines is 1. The van der Waals surface area contributed by atoms with Gasteiger partial charge in [-0.25, -0.2) is 4.98 Å². The van der Waals surface area contributed by atoms with Gasteiger partial charge in [-0.3, -0.25) is 4.68 Å². The van der Waals surface area contributed by atoms with E-state index in [0.29, 0.717) is 5.13 Å². The van der Waals surface area contributed by atoms with Crippen LogP contribution in [-0.4, -0.2) is 20.0 Å². The number of hydrogen-bond acceptors (Lipinski definition) is 6. The van der Waals surface area contributed by atoms with Gasteiger partial charge in [-0.1, -0.05) is 16.6 Å². The molecule has 0 radical (unpaired) electrons. The number of thioether (sulfide) groups is 1. The van der Waals surface area contributed by atoms with E-state index in [1.807, 2.05) is 20.2 Å². The van der Waals surface area contributed by atoms with E-state index in [-0.39, 0.29) is 0 Å². The van der Waals surface area contributed by atoms with Crippen molar-refractivity contribution in [3.05, 3.63) is 17.6 Å². The molecule has 0 unspecified atom stereocenters. The number of aryl methyl sites for hydroxylation is 2. The van der Waals surface area contributed by atoms with E-state index in [2.05, 4.69) is 15.3 Å². The minimum Gasteiger partial charge on any atom is -0.375 e. The Hall–Kier alpha value is -1.08. The number of rotatable bonds is 3. The molecule has 80 valence electrons. The van der Waals surface area contributed by atoms with Crippen LogP contribution in [-0.2, 0) is 12.8 Å². The highest BCUT2D eigenvalue weighted by Gasteiger charge is 2.07. The van der Waals surface area contributed by atoms with Crippen LogP contribution < -0.4 is 5.73 Å². The van der Waals surface area contributed by atoms with Crippen LogP contribution in [0.4, 0.5) is 5.13 Å². The van der Waals surface area contributed by atoms with Crippen molar-refractivity contribution in [2.45, 2.75) is 16.9 Å². The first-order valence-corrected chi connectivity index (χ1v) is 6.16. The van der Waals surface area contributed by atoms with Gasteiger partial charge in [-0.05, 0) is 6.92 Å². The summed E-state index contributed by atoms with van der Waals surface area (Å²) in [5.41, 5.74) is 7.57. The average Bonchev–Trinajstić information content (AvgIpc) is 2.70. The number of thiazole rings is 1. The molecule has 2 heterocycles. The summed E-state index contributed by atoms with van der Waals surface area (Å²) in [4.78, 5) is 4.16. The number of nitrogens with two attached hydrogens (primary N) is 1. The lowest BCUT2D eigenvalue weighted by Gasteiger charge is -1.94. The molecule has 0 saturated carbocycles. The van der Waals surface area contributed by atoms with Gasteiger partial charge < -0.3 is 5.73 Å². The summed E-state index contributed by atoms with van der Waals surface area (Å²) in [6.45, 7) is 1.96. The molecule has 7 heteroatoms. The quantitative estimate of drug-likeness (QED) is 0.824. The molecule has 0 amide bonds. The highest BCUT2D eigenvalue weighted by Crippen LogP contribution is 2.32. The van der Waals surface area contributed by atoms with E-state index in [4.69, 9.17) is 5.73 Å². The van der Waals surface area contributed by atoms with E-state index >= 15 is 0 Å². The largest absolute Gasteiger partial charge is 0.375 e. The highest BCUT2D eigenvalue weighted by molar-refractivity contribution is 8.00. The van der Waals surface area contributed by atoms with Crippen molar-refractivity contribution in [2.24, 2.45) is 7.05 Å². The standard InChI is InChI=1S/C8H11N5S2/c1-5-7(15-8(9)10-5)14-4-6-3-13(2)12-11-6/h3H,4H2,1-2H3,(H2,9,10). The minimum atomic E-state index is 0.620. The maximum Gasteiger partial charge on any atom is 0.181 e. The molecule has 0 aliphatic rings. The van der Waals surface area contributed by atoms with Gasteiger partial charge in [0, 0.05) is 19.0 Å². The Morgan fingerprint density at radius 3 is 2.93 bits per heavy atom. The Morgan fingerprint density at radius 2 is 2.40 bits per heavy atom. The summed E-state index contributed by atoms with van der Waals surface area (Å²) in [5.74, 6) is 0.802. The first kappa shape index (κ1) is 10.4. The van der Waals surface area contributed by atoms with Crippen LogP contribution in [0.5, 0.6) is 0 Å². The van der Waals surface area contributed by atoms with Crippen molar-refractivity contribution in [3.63, 3.8) is 0 Å². The van der Waals surface area contributed by atoms with Crippen molar-refractivity contribution >= 4 is 28.2 Å². The number of aromatic nitrogens is 4. The first-order valence-electron chi connectivity index (χ1n) is 4.36. The fraction of sp³-hybridized carbons (Fsp3) is 0.375. The van der Waals surface area contributed by atoms with Gasteiger partial charge in [-0.15, -0.1) is 16.9 Å². The zero-order valence-electron chi connectivity index (χ0n) is 8.47. The zero-order valence-corrected chi connectivity index (χ0v) is 10.1. The highest BCUT2D eigenvalue weighted by atomic mass is 32.2. The molecule has 0 aromatic carbocycles. The lowest BCUT2D eigenvalue weighted by atomic mass is 10.6. The molecule has 0 aliphatic carbocycles. The second kappa shape index (κ2) is 4.19. The van der Waals surface area contributed by atoms with Crippen LogP contribution in [0.3, 0.4) is 0 Å². The summed E-state index contributed by atoms with van der Waals surface area (Å²) in [6.07, 6.45) is 1.91. The molecule has 0 fully saturated rings. The Balaban J connectivity index is 2.01. The molecule has 0 spiro atoms.